The number of hydrogen-bond donors (Lipinski definition) is 1. The molecule has 3 rings (SSSR count). The van der Waals surface area contributed by atoms with E-state index in [9.17, 15) is 9.18 Å². The van der Waals surface area contributed by atoms with Gasteiger partial charge in [-0.3, -0.25) is 0 Å². The van der Waals surface area contributed by atoms with Crippen LogP contribution in [0.5, 0.6) is 0 Å². The van der Waals surface area contributed by atoms with Gasteiger partial charge in [0.15, 0.2) is 11.5 Å². The summed E-state index contributed by atoms with van der Waals surface area (Å²) >= 11 is 0. The normalized spacial score (nSPS) is 10.8. The van der Waals surface area contributed by atoms with Gasteiger partial charge < -0.3 is 5.11 Å². The minimum Gasteiger partial charge on any atom is -0.478 e. The van der Waals surface area contributed by atoms with Crippen LogP contribution in [-0.4, -0.2) is 25.7 Å². The molecule has 6 heteroatoms. The van der Waals surface area contributed by atoms with Gasteiger partial charge in [-0.2, -0.15) is 5.10 Å². The summed E-state index contributed by atoms with van der Waals surface area (Å²) in [5.41, 5.74) is 0.798. The molecule has 5 nitrogen and oxygen atoms in total. The molecular weight excluding hydrogens is 261 g/mol. The third-order valence-electron chi connectivity index (χ3n) is 2.94. The number of benzene rings is 1. The number of carbonyl (C=O) groups is 1. The zero-order valence-electron chi connectivity index (χ0n) is 10.3. The second-order valence-electron chi connectivity index (χ2n) is 4.29. The van der Waals surface area contributed by atoms with Gasteiger partial charge in [0.2, 0.25) is 0 Å². The van der Waals surface area contributed by atoms with Crippen LogP contribution in [0.2, 0.25) is 0 Å². The van der Waals surface area contributed by atoms with Crippen LogP contribution in [0.4, 0.5) is 4.39 Å². The van der Waals surface area contributed by atoms with E-state index in [0.29, 0.717) is 11.4 Å². The third-order valence-corrected chi connectivity index (χ3v) is 2.94. The maximum atomic E-state index is 13.6. The highest BCUT2D eigenvalue weighted by Gasteiger charge is 2.14. The van der Waals surface area contributed by atoms with Gasteiger partial charge in [0.25, 0.3) is 0 Å². The third kappa shape index (κ3) is 2.11. The monoisotopic (exact) mass is 271 g/mol. The van der Waals surface area contributed by atoms with Crippen molar-refractivity contribution in [2.45, 2.75) is 6.42 Å². The molecule has 0 bridgehead atoms. The molecule has 100 valence electrons. The van der Waals surface area contributed by atoms with Crippen molar-refractivity contribution in [3.05, 3.63) is 65.4 Å². The molecule has 20 heavy (non-hydrogen) atoms. The molecule has 0 radical (unpaired) electrons. The molecule has 1 N–H and O–H groups in total. The average Bonchev–Trinajstić information content (AvgIpc) is 2.83. The number of aromatic nitrogens is 3. The van der Waals surface area contributed by atoms with Crippen molar-refractivity contribution < 1.29 is 14.3 Å². The smallest absolute Gasteiger partial charge is 0.339 e. The van der Waals surface area contributed by atoms with E-state index in [4.69, 9.17) is 5.11 Å². The summed E-state index contributed by atoms with van der Waals surface area (Å²) in [6, 6.07) is 9.40. The maximum absolute atomic E-state index is 13.6. The molecular formula is C14H10FN3O2. The Balaban J connectivity index is 2.04. The Bertz CT molecular complexity index is 798. The Labute approximate surface area is 113 Å². The van der Waals surface area contributed by atoms with Crippen LogP contribution < -0.4 is 0 Å². The molecule has 0 atom stereocenters. The Morgan fingerprint density at radius 3 is 2.80 bits per heavy atom. The standard InChI is InChI=1S/C14H10FN3O2/c15-11-6-2-1-4-9(11)8-12-16-13-10(14(19)20)5-3-7-18(13)17-12/h1-7H,8H2,(H,19,20). The minimum absolute atomic E-state index is 0.0692. The van der Waals surface area contributed by atoms with Crippen molar-refractivity contribution in [1.29, 1.82) is 0 Å². The van der Waals surface area contributed by atoms with E-state index >= 15 is 0 Å². The zero-order chi connectivity index (χ0) is 14.1. The summed E-state index contributed by atoms with van der Waals surface area (Å²) in [7, 11) is 0. The average molecular weight is 271 g/mol. The number of halogens is 1. The zero-order valence-corrected chi connectivity index (χ0v) is 10.3. The van der Waals surface area contributed by atoms with Gasteiger partial charge in [0.1, 0.15) is 11.4 Å². The lowest BCUT2D eigenvalue weighted by atomic mass is 10.1. The van der Waals surface area contributed by atoms with Gasteiger partial charge in [0, 0.05) is 12.6 Å². The first kappa shape index (κ1) is 12.3. The number of carboxylic acids is 1. The Morgan fingerprint density at radius 2 is 2.05 bits per heavy atom. The van der Waals surface area contributed by atoms with Crippen LogP contribution >= 0.6 is 0 Å². The summed E-state index contributed by atoms with van der Waals surface area (Å²) in [5.74, 6) is -1.02. The Morgan fingerprint density at radius 1 is 1.25 bits per heavy atom. The van der Waals surface area contributed by atoms with Crippen LogP contribution in [0.25, 0.3) is 5.65 Å². The number of rotatable bonds is 3. The van der Waals surface area contributed by atoms with E-state index in [2.05, 4.69) is 10.1 Å². The first-order chi connectivity index (χ1) is 9.65. The van der Waals surface area contributed by atoms with Crippen LogP contribution in [0.3, 0.4) is 0 Å². The van der Waals surface area contributed by atoms with Crippen molar-refractivity contribution in [2.24, 2.45) is 0 Å². The van der Waals surface area contributed by atoms with Crippen molar-refractivity contribution in [2.75, 3.05) is 0 Å². The van der Waals surface area contributed by atoms with Gasteiger partial charge in [-0.05, 0) is 23.8 Å². The molecule has 2 aromatic heterocycles. The van der Waals surface area contributed by atoms with Gasteiger partial charge in [-0.25, -0.2) is 18.7 Å². The Kier molecular flexibility index (Phi) is 2.90. The summed E-state index contributed by atoms with van der Waals surface area (Å²) in [5, 5.41) is 13.3. The number of pyridine rings is 1. The SMILES string of the molecule is O=C(O)c1cccn2nc(Cc3ccccc3F)nc12. The predicted octanol–water partition coefficient (Wildman–Crippen LogP) is 2.16. The number of hydrogen-bond acceptors (Lipinski definition) is 3. The number of aromatic carboxylic acids is 1. The lowest BCUT2D eigenvalue weighted by molar-refractivity contribution is 0.0698. The predicted molar refractivity (Wildman–Crippen MR) is 69.2 cm³/mol. The van der Waals surface area contributed by atoms with Gasteiger partial charge in [0.05, 0.1) is 0 Å². The summed E-state index contributed by atoms with van der Waals surface area (Å²) in [6.07, 6.45) is 1.83. The minimum atomic E-state index is -1.07. The van der Waals surface area contributed by atoms with Crippen molar-refractivity contribution in [3.8, 4) is 0 Å². The number of nitrogens with zero attached hydrogens (tertiary/aromatic N) is 3. The largest absolute Gasteiger partial charge is 0.478 e. The molecule has 0 aliphatic rings. The molecule has 0 aliphatic carbocycles. The van der Waals surface area contributed by atoms with E-state index in [1.807, 2.05) is 0 Å². The van der Waals surface area contributed by atoms with E-state index in [0.717, 1.165) is 0 Å². The van der Waals surface area contributed by atoms with Crippen molar-refractivity contribution >= 4 is 11.6 Å². The Hall–Kier alpha value is -2.76. The highest BCUT2D eigenvalue weighted by atomic mass is 19.1. The highest BCUT2D eigenvalue weighted by Crippen LogP contribution is 2.13. The molecule has 0 saturated carbocycles. The first-order valence-corrected chi connectivity index (χ1v) is 5.96. The molecule has 2 heterocycles. The van der Waals surface area contributed by atoms with Gasteiger partial charge >= 0.3 is 5.97 Å². The van der Waals surface area contributed by atoms with Gasteiger partial charge in [-0.1, -0.05) is 18.2 Å². The fourth-order valence-electron chi connectivity index (χ4n) is 2.00. The lowest BCUT2D eigenvalue weighted by Gasteiger charge is -1.97. The maximum Gasteiger partial charge on any atom is 0.339 e. The number of carboxylic acid groups (broad SMARTS) is 1. The highest BCUT2D eigenvalue weighted by molar-refractivity contribution is 5.94. The van der Waals surface area contributed by atoms with Crippen LogP contribution in [0.1, 0.15) is 21.7 Å². The van der Waals surface area contributed by atoms with Crippen molar-refractivity contribution in [1.82, 2.24) is 14.6 Å². The van der Waals surface area contributed by atoms with E-state index < -0.39 is 5.97 Å². The van der Waals surface area contributed by atoms with Crippen molar-refractivity contribution in [3.63, 3.8) is 0 Å². The lowest BCUT2D eigenvalue weighted by Crippen LogP contribution is -2.00. The van der Waals surface area contributed by atoms with Crippen LogP contribution in [0.15, 0.2) is 42.6 Å². The van der Waals surface area contributed by atoms with Crippen LogP contribution in [-0.2, 0) is 6.42 Å². The molecule has 0 fully saturated rings. The first-order valence-electron chi connectivity index (χ1n) is 5.96. The molecule has 0 amide bonds. The molecule has 0 spiro atoms. The summed E-state index contributed by atoms with van der Waals surface area (Å²) in [4.78, 5) is 15.3. The summed E-state index contributed by atoms with van der Waals surface area (Å²) in [6.45, 7) is 0. The second-order valence-corrected chi connectivity index (χ2v) is 4.29. The van der Waals surface area contributed by atoms with E-state index in [-0.39, 0.29) is 23.4 Å². The molecule has 1 aromatic carbocycles. The summed E-state index contributed by atoms with van der Waals surface area (Å²) < 4.78 is 15.0. The topological polar surface area (TPSA) is 67.5 Å². The van der Waals surface area contributed by atoms with E-state index in [1.165, 1.54) is 16.6 Å². The van der Waals surface area contributed by atoms with Crippen LogP contribution in [0, 0.1) is 5.82 Å². The quantitative estimate of drug-likeness (QED) is 0.792. The molecule has 3 aromatic rings. The van der Waals surface area contributed by atoms with E-state index in [1.54, 1.807) is 30.5 Å². The fourth-order valence-corrected chi connectivity index (χ4v) is 2.00. The second kappa shape index (κ2) is 4.73. The molecule has 0 aliphatic heterocycles. The molecule has 0 saturated heterocycles. The van der Waals surface area contributed by atoms with Gasteiger partial charge in [-0.15, -0.1) is 0 Å². The fraction of sp³-hybridized carbons (Fsp3) is 0.0714. The molecule has 0 unspecified atom stereocenters. The number of fused-ring (bicyclic) bond motifs is 1.